The summed E-state index contributed by atoms with van der Waals surface area (Å²) in [6.45, 7) is 3.47. The zero-order chi connectivity index (χ0) is 13.7. The van der Waals surface area contributed by atoms with E-state index in [2.05, 4.69) is 16.8 Å². The number of hydrogen-bond donors (Lipinski definition) is 1. The summed E-state index contributed by atoms with van der Waals surface area (Å²) >= 11 is 0. The second-order valence-electron chi connectivity index (χ2n) is 5.32. The minimum absolute atomic E-state index is 0.126. The fourth-order valence-corrected chi connectivity index (χ4v) is 2.72. The first-order chi connectivity index (χ1) is 9.20. The highest BCUT2D eigenvalue weighted by Crippen LogP contribution is 2.19. The summed E-state index contributed by atoms with van der Waals surface area (Å²) in [6, 6.07) is 7.35. The Labute approximate surface area is 114 Å². The third kappa shape index (κ3) is 4.00. The van der Waals surface area contributed by atoms with Gasteiger partial charge < -0.3 is 10.0 Å². The lowest BCUT2D eigenvalue weighted by Gasteiger charge is -2.37. The number of aliphatic hydroxyl groups is 1. The number of benzene rings is 1. The van der Waals surface area contributed by atoms with Crippen molar-refractivity contribution in [2.45, 2.75) is 25.4 Å². The SMILES string of the molecule is CN1CCC(N(CCO)Cc2ccccc2F)CC1. The Morgan fingerprint density at radius 3 is 2.63 bits per heavy atom. The summed E-state index contributed by atoms with van der Waals surface area (Å²) in [5.74, 6) is -0.154. The Morgan fingerprint density at radius 2 is 2.00 bits per heavy atom. The van der Waals surface area contributed by atoms with Crippen LogP contribution in [-0.2, 0) is 6.54 Å². The van der Waals surface area contributed by atoms with Crippen LogP contribution >= 0.6 is 0 Å². The number of piperidine rings is 1. The van der Waals surface area contributed by atoms with Crippen molar-refractivity contribution in [1.82, 2.24) is 9.80 Å². The van der Waals surface area contributed by atoms with E-state index in [9.17, 15) is 9.50 Å². The number of halogens is 1. The van der Waals surface area contributed by atoms with Gasteiger partial charge in [0.05, 0.1) is 6.61 Å². The number of nitrogens with zero attached hydrogens (tertiary/aromatic N) is 2. The van der Waals surface area contributed by atoms with E-state index in [0.717, 1.165) is 31.5 Å². The summed E-state index contributed by atoms with van der Waals surface area (Å²) < 4.78 is 13.7. The molecule has 1 N–H and O–H groups in total. The smallest absolute Gasteiger partial charge is 0.127 e. The Bertz CT molecular complexity index is 391. The summed E-state index contributed by atoms with van der Waals surface area (Å²) in [5.41, 5.74) is 0.717. The van der Waals surface area contributed by atoms with E-state index in [-0.39, 0.29) is 12.4 Å². The molecule has 0 unspecified atom stereocenters. The first-order valence-corrected chi connectivity index (χ1v) is 6.97. The Hall–Kier alpha value is -0.970. The van der Waals surface area contributed by atoms with Crippen LogP contribution < -0.4 is 0 Å². The molecule has 1 aromatic rings. The fourth-order valence-electron chi connectivity index (χ4n) is 2.72. The van der Waals surface area contributed by atoms with Crippen molar-refractivity contribution in [3.05, 3.63) is 35.6 Å². The van der Waals surface area contributed by atoms with Crippen LogP contribution in [0.5, 0.6) is 0 Å². The predicted molar refractivity (Wildman–Crippen MR) is 74.4 cm³/mol. The van der Waals surface area contributed by atoms with Gasteiger partial charge in [-0.05, 0) is 39.0 Å². The normalized spacial score (nSPS) is 18.1. The third-order valence-electron chi connectivity index (χ3n) is 3.92. The van der Waals surface area contributed by atoms with Crippen molar-refractivity contribution in [3.8, 4) is 0 Å². The maximum absolute atomic E-state index is 13.7. The van der Waals surface area contributed by atoms with E-state index in [1.54, 1.807) is 6.07 Å². The van der Waals surface area contributed by atoms with Crippen LogP contribution in [0, 0.1) is 5.82 Å². The molecule has 1 aromatic carbocycles. The summed E-state index contributed by atoms with van der Waals surface area (Å²) in [6.07, 6.45) is 2.18. The van der Waals surface area contributed by atoms with Gasteiger partial charge in [0.15, 0.2) is 0 Å². The maximum atomic E-state index is 13.7. The van der Waals surface area contributed by atoms with E-state index in [4.69, 9.17) is 0 Å². The van der Waals surface area contributed by atoms with Crippen LogP contribution in [0.15, 0.2) is 24.3 Å². The molecular weight excluding hydrogens is 243 g/mol. The number of rotatable bonds is 5. The third-order valence-corrected chi connectivity index (χ3v) is 3.92. The van der Waals surface area contributed by atoms with E-state index in [0.29, 0.717) is 19.1 Å². The molecule has 0 aromatic heterocycles. The quantitative estimate of drug-likeness (QED) is 0.879. The molecule has 1 aliphatic heterocycles. The lowest BCUT2D eigenvalue weighted by atomic mass is 10.0. The molecule has 0 amide bonds. The van der Waals surface area contributed by atoms with Gasteiger partial charge in [-0.25, -0.2) is 4.39 Å². The van der Waals surface area contributed by atoms with Gasteiger partial charge in [0.1, 0.15) is 5.82 Å². The Morgan fingerprint density at radius 1 is 1.32 bits per heavy atom. The molecule has 3 nitrogen and oxygen atoms in total. The second-order valence-corrected chi connectivity index (χ2v) is 5.32. The standard InChI is InChI=1S/C15H23FN2O/c1-17-8-6-14(7-9-17)18(10-11-19)12-13-4-2-3-5-15(13)16/h2-5,14,19H,6-12H2,1H3. The van der Waals surface area contributed by atoms with Crippen molar-refractivity contribution in [3.63, 3.8) is 0 Å². The number of hydrogen-bond acceptors (Lipinski definition) is 3. The van der Waals surface area contributed by atoms with E-state index < -0.39 is 0 Å². The summed E-state index contributed by atoms with van der Waals surface area (Å²) in [7, 11) is 2.13. The van der Waals surface area contributed by atoms with Gasteiger partial charge in [0.2, 0.25) is 0 Å². The molecular formula is C15H23FN2O. The minimum Gasteiger partial charge on any atom is -0.395 e. The van der Waals surface area contributed by atoms with Crippen LogP contribution in [0.25, 0.3) is 0 Å². The topological polar surface area (TPSA) is 26.7 Å². The molecule has 4 heteroatoms. The van der Waals surface area contributed by atoms with Gasteiger partial charge in [-0.2, -0.15) is 0 Å². The van der Waals surface area contributed by atoms with E-state index in [1.165, 1.54) is 6.07 Å². The average molecular weight is 266 g/mol. The van der Waals surface area contributed by atoms with Crippen LogP contribution in [0.1, 0.15) is 18.4 Å². The minimum atomic E-state index is -0.154. The van der Waals surface area contributed by atoms with Gasteiger partial charge in [-0.1, -0.05) is 18.2 Å². The van der Waals surface area contributed by atoms with Crippen LogP contribution in [0.4, 0.5) is 4.39 Å². The van der Waals surface area contributed by atoms with E-state index in [1.807, 2.05) is 12.1 Å². The molecule has 1 heterocycles. The van der Waals surface area contributed by atoms with E-state index >= 15 is 0 Å². The molecule has 106 valence electrons. The number of likely N-dealkylation sites (tertiary alicyclic amines) is 1. The average Bonchev–Trinajstić information content (AvgIpc) is 2.42. The monoisotopic (exact) mass is 266 g/mol. The second kappa shape index (κ2) is 6.98. The van der Waals surface area contributed by atoms with Gasteiger partial charge in [-0.15, -0.1) is 0 Å². The summed E-state index contributed by atoms with van der Waals surface area (Å²) in [4.78, 5) is 4.53. The molecule has 2 rings (SSSR count). The van der Waals surface area contributed by atoms with Gasteiger partial charge in [0.25, 0.3) is 0 Å². The molecule has 1 aliphatic rings. The van der Waals surface area contributed by atoms with Crippen molar-refractivity contribution >= 4 is 0 Å². The molecule has 0 aliphatic carbocycles. The largest absolute Gasteiger partial charge is 0.395 e. The lowest BCUT2D eigenvalue weighted by Crippen LogP contribution is -2.44. The molecule has 1 fully saturated rings. The molecule has 0 spiro atoms. The first kappa shape index (κ1) is 14.4. The zero-order valence-corrected chi connectivity index (χ0v) is 11.6. The maximum Gasteiger partial charge on any atom is 0.127 e. The van der Waals surface area contributed by atoms with Crippen molar-refractivity contribution in [1.29, 1.82) is 0 Å². The first-order valence-electron chi connectivity index (χ1n) is 6.97. The molecule has 0 bridgehead atoms. The lowest BCUT2D eigenvalue weighted by molar-refractivity contribution is 0.0932. The van der Waals surface area contributed by atoms with Crippen LogP contribution in [0.3, 0.4) is 0 Å². The van der Waals surface area contributed by atoms with Crippen LogP contribution in [0.2, 0.25) is 0 Å². The number of aliphatic hydroxyl groups excluding tert-OH is 1. The Balaban J connectivity index is 2.02. The van der Waals surface area contributed by atoms with Gasteiger partial charge in [0, 0.05) is 24.7 Å². The zero-order valence-electron chi connectivity index (χ0n) is 11.6. The highest BCUT2D eigenvalue weighted by atomic mass is 19.1. The van der Waals surface area contributed by atoms with Crippen molar-refractivity contribution in [2.24, 2.45) is 0 Å². The molecule has 0 saturated carbocycles. The molecule has 1 saturated heterocycles. The molecule has 0 atom stereocenters. The van der Waals surface area contributed by atoms with Crippen molar-refractivity contribution in [2.75, 3.05) is 33.3 Å². The predicted octanol–water partition coefficient (Wildman–Crippen LogP) is 1.71. The molecule has 19 heavy (non-hydrogen) atoms. The Kier molecular flexibility index (Phi) is 5.31. The summed E-state index contributed by atoms with van der Waals surface area (Å²) in [5, 5.41) is 9.22. The van der Waals surface area contributed by atoms with Crippen molar-refractivity contribution < 1.29 is 9.50 Å². The highest BCUT2D eigenvalue weighted by molar-refractivity contribution is 5.17. The van der Waals surface area contributed by atoms with Gasteiger partial charge >= 0.3 is 0 Å². The van der Waals surface area contributed by atoms with Crippen LogP contribution in [-0.4, -0.2) is 54.2 Å². The molecule has 0 radical (unpaired) electrons. The van der Waals surface area contributed by atoms with Gasteiger partial charge in [-0.3, -0.25) is 4.90 Å². The fraction of sp³-hybridized carbons (Fsp3) is 0.600. The highest BCUT2D eigenvalue weighted by Gasteiger charge is 2.23.